The lowest BCUT2D eigenvalue weighted by molar-refractivity contribution is -0.124. The second kappa shape index (κ2) is 2.97. The molecule has 2 aliphatic heterocycles. The molecule has 0 radical (unpaired) electrons. The summed E-state index contributed by atoms with van der Waals surface area (Å²) in [5.74, 6) is -0.394. The van der Waals surface area contributed by atoms with Gasteiger partial charge >= 0.3 is 6.03 Å². The molecule has 0 aromatic rings. The molecule has 0 bridgehead atoms. The lowest BCUT2D eigenvalue weighted by Crippen LogP contribution is -2.47. The van der Waals surface area contributed by atoms with Crippen LogP contribution in [0.15, 0.2) is 0 Å². The van der Waals surface area contributed by atoms with Crippen molar-refractivity contribution in [3.63, 3.8) is 0 Å². The van der Waals surface area contributed by atoms with E-state index in [1.165, 1.54) is 0 Å². The normalized spacial score (nSPS) is 32.1. The van der Waals surface area contributed by atoms with E-state index in [-0.39, 0.29) is 18.2 Å². The van der Waals surface area contributed by atoms with Gasteiger partial charge in [0.25, 0.3) is 5.91 Å². The summed E-state index contributed by atoms with van der Waals surface area (Å²) < 4.78 is 0. The highest BCUT2D eigenvalue weighted by atomic mass is 16.2. The largest absolute Gasteiger partial charge is 0.356 e. The van der Waals surface area contributed by atoms with E-state index in [9.17, 15) is 14.4 Å². The van der Waals surface area contributed by atoms with Crippen LogP contribution in [0.25, 0.3) is 0 Å². The summed E-state index contributed by atoms with van der Waals surface area (Å²) in [7, 11) is 0. The third-order valence-electron chi connectivity index (χ3n) is 2.67. The fourth-order valence-corrected chi connectivity index (χ4v) is 1.84. The van der Waals surface area contributed by atoms with Crippen molar-refractivity contribution in [2.75, 3.05) is 6.54 Å². The van der Waals surface area contributed by atoms with E-state index >= 15 is 0 Å². The zero-order valence-electron chi connectivity index (χ0n) is 7.55. The van der Waals surface area contributed by atoms with Crippen molar-refractivity contribution in [3.05, 3.63) is 0 Å². The van der Waals surface area contributed by atoms with Crippen molar-refractivity contribution in [1.29, 1.82) is 0 Å². The summed E-state index contributed by atoms with van der Waals surface area (Å²) in [5, 5.41) is 7.44. The minimum absolute atomic E-state index is 0.0733. The Bertz CT molecular complexity index is 315. The Kier molecular flexibility index (Phi) is 1.90. The van der Waals surface area contributed by atoms with E-state index in [1.807, 2.05) is 0 Å². The van der Waals surface area contributed by atoms with Crippen molar-refractivity contribution in [2.24, 2.45) is 0 Å². The minimum atomic E-state index is -0.865. The maximum absolute atomic E-state index is 11.5. The molecule has 0 aromatic carbocycles. The maximum atomic E-state index is 11.5. The summed E-state index contributed by atoms with van der Waals surface area (Å²) >= 11 is 0. The standard InChI is InChI=1S/C8H11N3O3/c12-5-1-2-8(3-4-9-5)6(13)10-7(14)11-8/h1-4H2,(H,9,12)(H2,10,11,13,14)/t8-/m0/s1. The van der Waals surface area contributed by atoms with Crippen molar-refractivity contribution >= 4 is 17.8 Å². The molecule has 0 saturated carbocycles. The molecule has 0 aromatic heterocycles. The average molecular weight is 197 g/mol. The minimum Gasteiger partial charge on any atom is -0.356 e. The van der Waals surface area contributed by atoms with E-state index in [2.05, 4.69) is 16.0 Å². The lowest BCUT2D eigenvalue weighted by atomic mass is 9.91. The molecule has 2 fully saturated rings. The van der Waals surface area contributed by atoms with Crippen LogP contribution in [0.3, 0.4) is 0 Å². The Morgan fingerprint density at radius 3 is 2.57 bits per heavy atom. The first-order chi connectivity index (χ1) is 6.62. The third kappa shape index (κ3) is 1.32. The van der Waals surface area contributed by atoms with Gasteiger partial charge in [0.2, 0.25) is 5.91 Å². The molecule has 1 spiro atoms. The summed E-state index contributed by atoms with van der Waals surface area (Å²) in [6.45, 7) is 0.423. The number of urea groups is 1. The molecule has 6 nitrogen and oxygen atoms in total. The van der Waals surface area contributed by atoms with Crippen LogP contribution < -0.4 is 16.0 Å². The van der Waals surface area contributed by atoms with E-state index < -0.39 is 11.6 Å². The highest BCUT2D eigenvalue weighted by Gasteiger charge is 2.46. The second-order valence-corrected chi connectivity index (χ2v) is 3.59. The molecule has 6 heteroatoms. The molecule has 3 N–H and O–H groups in total. The van der Waals surface area contributed by atoms with Crippen LogP contribution in [0.4, 0.5) is 4.79 Å². The molecule has 0 aliphatic carbocycles. The van der Waals surface area contributed by atoms with Crippen molar-refractivity contribution in [1.82, 2.24) is 16.0 Å². The molecule has 4 amide bonds. The van der Waals surface area contributed by atoms with Gasteiger partial charge in [0.05, 0.1) is 0 Å². The van der Waals surface area contributed by atoms with E-state index in [4.69, 9.17) is 0 Å². The number of hydrogen-bond acceptors (Lipinski definition) is 3. The number of hydrogen-bond donors (Lipinski definition) is 3. The van der Waals surface area contributed by atoms with Crippen molar-refractivity contribution in [2.45, 2.75) is 24.8 Å². The summed E-state index contributed by atoms with van der Waals surface area (Å²) in [6.07, 6.45) is 1.10. The molecule has 0 unspecified atom stereocenters. The first kappa shape index (κ1) is 8.98. The number of amides is 4. The monoisotopic (exact) mass is 197 g/mol. The lowest BCUT2D eigenvalue weighted by Gasteiger charge is -2.22. The van der Waals surface area contributed by atoms with Crippen LogP contribution in [0.5, 0.6) is 0 Å². The number of nitrogens with one attached hydrogen (secondary N) is 3. The maximum Gasteiger partial charge on any atom is 0.322 e. The fraction of sp³-hybridized carbons (Fsp3) is 0.625. The number of carbonyl (C=O) groups is 3. The highest BCUT2D eigenvalue weighted by Crippen LogP contribution is 2.23. The number of imide groups is 1. The zero-order valence-corrected chi connectivity index (χ0v) is 7.55. The summed E-state index contributed by atoms with van der Waals surface area (Å²) in [4.78, 5) is 33.5. The Hall–Kier alpha value is -1.59. The number of rotatable bonds is 0. The van der Waals surface area contributed by atoms with Crippen molar-refractivity contribution < 1.29 is 14.4 Å². The smallest absolute Gasteiger partial charge is 0.322 e. The molecule has 2 heterocycles. The molecule has 2 aliphatic rings. The summed E-state index contributed by atoms with van der Waals surface area (Å²) in [5.41, 5.74) is -0.865. The fourth-order valence-electron chi connectivity index (χ4n) is 1.84. The van der Waals surface area contributed by atoms with Gasteiger partial charge in [0.15, 0.2) is 0 Å². The van der Waals surface area contributed by atoms with Crippen molar-refractivity contribution in [3.8, 4) is 0 Å². The van der Waals surface area contributed by atoms with Crippen LogP contribution in [-0.2, 0) is 9.59 Å². The molecular formula is C8H11N3O3. The van der Waals surface area contributed by atoms with Gasteiger partial charge in [-0.2, -0.15) is 0 Å². The van der Waals surface area contributed by atoms with Gasteiger partial charge in [-0.15, -0.1) is 0 Å². The van der Waals surface area contributed by atoms with Crippen LogP contribution in [0.2, 0.25) is 0 Å². The molecule has 76 valence electrons. The number of carbonyl (C=O) groups excluding carboxylic acids is 3. The molecule has 14 heavy (non-hydrogen) atoms. The Labute approximate surface area is 80.4 Å². The predicted molar refractivity (Wildman–Crippen MR) is 46.3 cm³/mol. The van der Waals surface area contributed by atoms with Crippen LogP contribution in [0.1, 0.15) is 19.3 Å². The molecule has 1 atom stereocenters. The quantitative estimate of drug-likeness (QED) is 0.429. The van der Waals surface area contributed by atoms with Crippen LogP contribution >= 0.6 is 0 Å². The zero-order chi connectivity index (χ0) is 10.2. The van der Waals surface area contributed by atoms with Gasteiger partial charge in [-0.25, -0.2) is 4.79 Å². The van der Waals surface area contributed by atoms with Gasteiger partial charge in [0, 0.05) is 13.0 Å². The summed E-state index contributed by atoms with van der Waals surface area (Å²) in [6, 6.07) is -0.468. The average Bonchev–Trinajstić information content (AvgIpc) is 2.31. The predicted octanol–water partition coefficient (Wildman–Crippen LogP) is -1.14. The van der Waals surface area contributed by atoms with Crippen LogP contribution in [0, 0.1) is 0 Å². The Morgan fingerprint density at radius 2 is 1.93 bits per heavy atom. The third-order valence-corrected chi connectivity index (χ3v) is 2.67. The van der Waals surface area contributed by atoms with Gasteiger partial charge in [-0.1, -0.05) is 0 Å². The first-order valence-corrected chi connectivity index (χ1v) is 4.53. The molecule has 2 rings (SSSR count). The highest BCUT2D eigenvalue weighted by molar-refractivity contribution is 6.07. The first-order valence-electron chi connectivity index (χ1n) is 4.53. The second-order valence-electron chi connectivity index (χ2n) is 3.59. The van der Waals surface area contributed by atoms with E-state index in [0.717, 1.165) is 0 Å². The Balaban J connectivity index is 2.18. The van der Waals surface area contributed by atoms with Gasteiger partial charge in [-0.05, 0) is 12.8 Å². The van der Waals surface area contributed by atoms with Gasteiger partial charge < -0.3 is 10.6 Å². The van der Waals surface area contributed by atoms with E-state index in [0.29, 0.717) is 19.4 Å². The molecule has 2 saturated heterocycles. The van der Waals surface area contributed by atoms with Gasteiger partial charge in [-0.3, -0.25) is 14.9 Å². The van der Waals surface area contributed by atoms with E-state index in [1.54, 1.807) is 0 Å². The van der Waals surface area contributed by atoms with Gasteiger partial charge in [0.1, 0.15) is 5.54 Å². The SMILES string of the molecule is O=C1CC[C@@]2(CCN1)NC(=O)NC2=O. The molecular weight excluding hydrogens is 186 g/mol. The topological polar surface area (TPSA) is 87.3 Å². The Morgan fingerprint density at radius 1 is 1.14 bits per heavy atom. The van der Waals surface area contributed by atoms with Crippen LogP contribution in [-0.4, -0.2) is 29.9 Å².